The molecule has 7 heteroatoms. The van der Waals surface area contributed by atoms with Gasteiger partial charge in [0.25, 0.3) is 0 Å². The Morgan fingerprint density at radius 1 is 1.42 bits per heavy atom. The lowest BCUT2D eigenvalue weighted by Crippen LogP contribution is -2.32. The zero-order valence-electron chi connectivity index (χ0n) is 14.5. The number of amides is 1. The van der Waals surface area contributed by atoms with E-state index in [9.17, 15) is 13.6 Å². The molecule has 0 saturated heterocycles. The number of carbonyl (C=O) groups excluding carboxylic acids is 1. The van der Waals surface area contributed by atoms with Crippen molar-refractivity contribution in [3.05, 3.63) is 47.3 Å². The molecule has 26 heavy (non-hydrogen) atoms. The van der Waals surface area contributed by atoms with Gasteiger partial charge in [-0.15, -0.1) is 0 Å². The van der Waals surface area contributed by atoms with Crippen LogP contribution in [0.3, 0.4) is 0 Å². The first-order valence-electron chi connectivity index (χ1n) is 8.88. The van der Waals surface area contributed by atoms with Crippen molar-refractivity contribution in [1.82, 2.24) is 15.1 Å². The summed E-state index contributed by atoms with van der Waals surface area (Å²) in [4.78, 5) is 12.6. The number of fused-ring (bicyclic) bond motifs is 1. The van der Waals surface area contributed by atoms with Crippen molar-refractivity contribution in [2.45, 2.75) is 44.3 Å². The third-order valence-corrected chi connectivity index (χ3v) is 5.25. The smallest absolute Gasteiger partial charge is 0.387 e. The van der Waals surface area contributed by atoms with Crippen LogP contribution in [0.15, 0.2) is 30.6 Å². The summed E-state index contributed by atoms with van der Waals surface area (Å²) in [6, 6.07) is 4.94. The molecular formula is C19H21F2N3O2. The number of ether oxygens (including phenoxy) is 1. The molecule has 5 nitrogen and oxygen atoms in total. The molecule has 2 aliphatic carbocycles. The molecule has 1 aromatic heterocycles. The van der Waals surface area contributed by atoms with E-state index in [4.69, 9.17) is 0 Å². The first-order valence-corrected chi connectivity index (χ1v) is 8.88. The maximum atomic E-state index is 12.6. The predicted octanol–water partition coefficient (Wildman–Crippen LogP) is 3.32. The second kappa shape index (κ2) is 6.70. The summed E-state index contributed by atoms with van der Waals surface area (Å²) >= 11 is 0. The highest BCUT2D eigenvalue weighted by Crippen LogP contribution is 2.48. The van der Waals surface area contributed by atoms with E-state index in [0.717, 1.165) is 42.4 Å². The molecule has 1 aromatic carbocycles. The third kappa shape index (κ3) is 3.43. The highest BCUT2D eigenvalue weighted by atomic mass is 19.3. The van der Waals surface area contributed by atoms with Gasteiger partial charge in [0.2, 0.25) is 5.91 Å². The lowest BCUT2D eigenvalue weighted by atomic mass is 9.87. The fourth-order valence-electron chi connectivity index (χ4n) is 3.88. The molecule has 1 saturated carbocycles. The second-order valence-electron chi connectivity index (χ2n) is 7.09. The summed E-state index contributed by atoms with van der Waals surface area (Å²) in [5, 5.41) is 7.31. The number of carbonyl (C=O) groups is 1. The van der Waals surface area contributed by atoms with Gasteiger partial charge in [-0.1, -0.05) is 6.07 Å². The topological polar surface area (TPSA) is 56.2 Å². The number of hydrogen-bond acceptors (Lipinski definition) is 3. The van der Waals surface area contributed by atoms with Crippen LogP contribution in [-0.2, 0) is 18.3 Å². The molecule has 2 aliphatic rings. The standard InChI is InChI=1S/C19H21F2N3O2/c1-24-10-12(9-22-24)15-8-16(15)18(25)23-17-4-2-3-11-7-13(26-19(20)21)5-6-14(11)17/h5-7,9-10,15-17,19H,2-4,8H2,1H3,(H,23,25)/t15-,16-,17-/m0/s1. The molecule has 3 atom stereocenters. The minimum Gasteiger partial charge on any atom is -0.435 e. The molecule has 1 N–H and O–H groups in total. The Hall–Kier alpha value is -2.44. The van der Waals surface area contributed by atoms with Gasteiger partial charge in [-0.2, -0.15) is 13.9 Å². The lowest BCUT2D eigenvalue weighted by molar-refractivity contribution is -0.123. The van der Waals surface area contributed by atoms with Gasteiger partial charge < -0.3 is 10.1 Å². The van der Waals surface area contributed by atoms with Gasteiger partial charge in [-0.3, -0.25) is 9.48 Å². The Labute approximate surface area is 150 Å². The van der Waals surface area contributed by atoms with Crippen molar-refractivity contribution in [2.75, 3.05) is 0 Å². The number of nitrogens with one attached hydrogen (secondary N) is 1. The predicted molar refractivity (Wildman–Crippen MR) is 91.0 cm³/mol. The Balaban J connectivity index is 1.43. The SMILES string of the molecule is Cn1cc([C@@H]2C[C@@H]2C(=O)N[C@H]2CCCc3cc(OC(F)F)ccc32)cn1. The quantitative estimate of drug-likeness (QED) is 0.889. The van der Waals surface area contributed by atoms with Crippen molar-refractivity contribution < 1.29 is 18.3 Å². The average Bonchev–Trinajstić information content (AvgIpc) is 3.29. The van der Waals surface area contributed by atoms with E-state index in [1.807, 2.05) is 19.4 Å². The number of nitrogens with zero attached hydrogens (tertiary/aromatic N) is 2. The normalized spacial score (nSPS) is 24.2. The maximum Gasteiger partial charge on any atom is 0.387 e. The summed E-state index contributed by atoms with van der Waals surface area (Å²) in [7, 11) is 1.87. The highest BCUT2D eigenvalue weighted by molar-refractivity contribution is 5.83. The van der Waals surface area contributed by atoms with Crippen molar-refractivity contribution in [3.8, 4) is 5.75 Å². The minimum absolute atomic E-state index is 0.00832. The number of aromatic nitrogens is 2. The summed E-state index contributed by atoms with van der Waals surface area (Å²) in [6.07, 6.45) is 7.20. The number of benzene rings is 1. The number of hydrogen-bond donors (Lipinski definition) is 1. The molecule has 0 unspecified atom stereocenters. The molecule has 1 amide bonds. The van der Waals surface area contributed by atoms with E-state index in [1.54, 1.807) is 22.9 Å². The molecule has 2 aromatic rings. The zero-order chi connectivity index (χ0) is 18.3. The fraction of sp³-hybridized carbons (Fsp3) is 0.474. The molecule has 4 rings (SSSR count). The number of halogens is 2. The van der Waals surface area contributed by atoms with E-state index >= 15 is 0 Å². The number of alkyl halides is 2. The van der Waals surface area contributed by atoms with Crippen LogP contribution in [0.25, 0.3) is 0 Å². The van der Waals surface area contributed by atoms with Gasteiger partial charge in [0.1, 0.15) is 5.75 Å². The zero-order valence-corrected chi connectivity index (χ0v) is 14.5. The largest absolute Gasteiger partial charge is 0.435 e. The Morgan fingerprint density at radius 2 is 2.27 bits per heavy atom. The van der Waals surface area contributed by atoms with Crippen molar-refractivity contribution in [2.24, 2.45) is 13.0 Å². The fourth-order valence-corrected chi connectivity index (χ4v) is 3.88. The van der Waals surface area contributed by atoms with E-state index in [2.05, 4.69) is 15.2 Å². The van der Waals surface area contributed by atoms with Crippen molar-refractivity contribution in [1.29, 1.82) is 0 Å². The summed E-state index contributed by atoms with van der Waals surface area (Å²) in [5.41, 5.74) is 3.08. The van der Waals surface area contributed by atoms with Crippen LogP contribution in [0.2, 0.25) is 0 Å². The van der Waals surface area contributed by atoms with Crippen molar-refractivity contribution in [3.63, 3.8) is 0 Å². The molecule has 1 heterocycles. The summed E-state index contributed by atoms with van der Waals surface area (Å²) in [6.45, 7) is -2.83. The van der Waals surface area contributed by atoms with E-state index in [-0.39, 0.29) is 29.5 Å². The van der Waals surface area contributed by atoms with Gasteiger partial charge in [0.15, 0.2) is 0 Å². The molecule has 0 bridgehead atoms. The van der Waals surface area contributed by atoms with Crippen LogP contribution in [0, 0.1) is 5.92 Å². The first kappa shape index (κ1) is 17.0. The second-order valence-corrected chi connectivity index (χ2v) is 7.09. The molecule has 0 radical (unpaired) electrons. The lowest BCUT2D eigenvalue weighted by Gasteiger charge is -2.27. The van der Waals surface area contributed by atoms with Gasteiger partial charge >= 0.3 is 6.61 Å². The highest BCUT2D eigenvalue weighted by Gasteiger charge is 2.45. The summed E-state index contributed by atoms with van der Waals surface area (Å²) < 4.78 is 31.0. The van der Waals surface area contributed by atoms with Crippen LogP contribution in [0.1, 0.15) is 47.9 Å². The maximum absolute atomic E-state index is 12.6. The molecule has 0 aliphatic heterocycles. The van der Waals surface area contributed by atoms with Crippen LogP contribution in [0.4, 0.5) is 8.78 Å². The molecule has 0 spiro atoms. The van der Waals surface area contributed by atoms with Crippen LogP contribution >= 0.6 is 0 Å². The molecule has 1 fully saturated rings. The Bertz CT molecular complexity index is 821. The summed E-state index contributed by atoms with van der Waals surface area (Å²) in [5.74, 6) is 0.466. The van der Waals surface area contributed by atoms with Crippen molar-refractivity contribution >= 4 is 5.91 Å². The van der Waals surface area contributed by atoms with Gasteiger partial charge in [0, 0.05) is 19.2 Å². The number of aryl methyl sites for hydroxylation is 2. The van der Waals surface area contributed by atoms with Crippen LogP contribution < -0.4 is 10.1 Å². The molecular weight excluding hydrogens is 340 g/mol. The Morgan fingerprint density at radius 3 is 3.00 bits per heavy atom. The van der Waals surface area contributed by atoms with Gasteiger partial charge in [0.05, 0.1) is 12.2 Å². The first-order chi connectivity index (χ1) is 12.5. The average molecular weight is 361 g/mol. The Kier molecular flexibility index (Phi) is 4.38. The number of rotatable bonds is 5. The van der Waals surface area contributed by atoms with Crippen LogP contribution in [0.5, 0.6) is 5.75 Å². The monoisotopic (exact) mass is 361 g/mol. The van der Waals surface area contributed by atoms with E-state index < -0.39 is 6.61 Å². The van der Waals surface area contributed by atoms with Gasteiger partial charge in [-0.05, 0) is 60.4 Å². The van der Waals surface area contributed by atoms with E-state index in [1.165, 1.54) is 0 Å². The van der Waals surface area contributed by atoms with E-state index in [0.29, 0.717) is 0 Å². The minimum atomic E-state index is -2.83. The van der Waals surface area contributed by atoms with Gasteiger partial charge in [-0.25, -0.2) is 0 Å². The van der Waals surface area contributed by atoms with Crippen LogP contribution in [-0.4, -0.2) is 22.3 Å². The molecule has 138 valence electrons. The third-order valence-electron chi connectivity index (χ3n) is 5.25.